The summed E-state index contributed by atoms with van der Waals surface area (Å²) in [4.78, 5) is 16.0. The van der Waals surface area contributed by atoms with E-state index in [0.717, 1.165) is 24.2 Å². The molecule has 1 aliphatic heterocycles. The van der Waals surface area contributed by atoms with Crippen LogP contribution < -0.4 is 5.32 Å². The van der Waals surface area contributed by atoms with Crippen LogP contribution in [0.5, 0.6) is 0 Å². The average Bonchev–Trinajstić information content (AvgIpc) is 2.61. The number of aliphatic imine (C=N–C) groups is 1. The largest absolute Gasteiger partial charge is 0.320 e. The Morgan fingerprint density at radius 2 is 2.06 bits per heavy atom. The molecule has 84 valence electrons. The molecular weight excluding hydrogens is 200 g/mol. The van der Waals surface area contributed by atoms with Crippen molar-refractivity contribution in [3.8, 4) is 0 Å². The lowest BCUT2D eigenvalue weighted by atomic mass is 10.1. The van der Waals surface area contributed by atoms with E-state index in [-0.39, 0.29) is 5.91 Å². The van der Waals surface area contributed by atoms with Gasteiger partial charge in [-0.1, -0.05) is 38.0 Å². The number of unbranched alkanes of at least 4 members (excludes halogenated alkanes) is 2. The maximum atomic E-state index is 11.7. The zero-order chi connectivity index (χ0) is 11.4. The monoisotopic (exact) mass is 216 g/mol. The fourth-order valence-electron chi connectivity index (χ4n) is 1.81. The molecular formula is C13H16N2O. The van der Waals surface area contributed by atoms with Crippen LogP contribution in [0.2, 0.25) is 0 Å². The lowest BCUT2D eigenvalue weighted by Crippen LogP contribution is -2.14. The number of rotatable bonds is 4. The molecule has 1 heterocycles. The van der Waals surface area contributed by atoms with E-state index in [1.54, 1.807) is 0 Å². The number of hydrogen-bond acceptors (Lipinski definition) is 2. The van der Waals surface area contributed by atoms with E-state index in [0.29, 0.717) is 5.71 Å². The number of fused-ring (bicyclic) bond motifs is 1. The van der Waals surface area contributed by atoms with Gasteiger partial charge in [0.25, 0.3) is 5.91 Å². The van der Waals surface area contributed by atoms with E-state index in [9.17, 15) is 4.79 Å². The summed E-state index contributed by atoms with van der Waals surface area (Å²) in [6, 6.07) is 7.69. The highest BCUT2D eigenvalue weighted by Crippen LogP contribution is 2.22. The minimum atomic E-state index is -0.0716. The number of carbonyl (C=O) groups excluding carboxylic acids is 1. The van der Waals surface area contributed by atoms with E-state index in [1.165, 1.54) is 12.8 Å². The van der Waals surface area contributed by atoms with Crippen LogP contribution in [0.3, 0.4) is 0 Å². The van der Waals surface area contributed by atoms with Crippen LogP contribution in [0.25, 0.3) is 0 Å². The normalized spacial score (nSPS) is 16.3. The van der Waals surface area contributed by atoms with Crippen molar-refractivity contribution in [1.29, 1.82) is 0 Å². The number of nitrogens with one attached hydrogen (secondary N) is 1. The fraction of sp³-hybridized carbons (Fsp3) is 0.385. The topological polar surface area (TPSA) is 41.5 Å². The summed E-state index contributed by atoms with van der Waals surface area (Å²) in [6.07, 6.45) is 3.39. The maximum Gasteiger partial charge on any atom is 0.274 e. The second-order valence-electron chi connectivity index (χ2n) is 3.94. The van der Waals surface area contributed by atoms with Gasteiger partial charge >= 0.3 is 0 Å². The van der Waals surface area contributed by atoms with Crippen molar-refractivity contribution >= 4 is 17.3 Å². The molecule has 0 saturated carbocycles. The smallest absolute Gasteiger partial charge is 0.274 e. The fourth-order valence-corrected chi connectivity index (χ4v) is 1.81. The highest BCUT2D eigenvalue weighted by atomic mass is 16.2. The van der Waals surface area contributed by atoms with Crippen molar-refractivity contribution in [3.05, 3.63) is 29.8 Å². The van der Waals surface area contributed by atoms with Gasteiger partial charge in [0.1, 0.15) is 5.71 Å². The molecule has 3 nitrogen and oxygen atoms in total. The van der Waals surface area contributed by atoms with Gasteiger partial charge in [-0.05, 0) is 12.5 Å². The van der Waals surface area contributed by atoms with Crippen molar-refractivity contribution in [2.45, 2.75) is 26.2 Å². The predicted octanol–water partition coefficient (Wildman–Crippen LogP) is 2.62. The van der Waals surface area contributed by atoms with E-state index in [4.69, 9.17) is 0 Å². The van der Waals surface area contributed by atoms with Crippen molar-refractivity contribution in [3.63, 3.8) is 0 Å². The Morgan fingerprint density at radius 3 is 2.88 bits per heavy atom. The Balaban J connectivity index is 2.12. The first-order chi connectivity index (χ1) is 7.83. The second-order valence-corrected chi connectivity index (χ2v) is 3.94. The molecule has 1 amide bonds. The Bertz CT molecular complexity index is 424. The minimum Gasteiger partial charge on any atom is -0.320 e. The maximum absolute atomic E-state index is 11.7. The highest BCUT2D eigenvalue weighted by molar-refractivity contribution is 6.53. The first kappa shape index (κ1) is 10.9. The molecule has 0 aliphatic carbocycles. The van der Waals surface area contributed by atoms with Gasteiger partial charge in [-0.15, -0.1) is 0 Å². The van der Waals surface area contributed by atoms with Gasteiger partial charge in [0.15, 0.2) is 0 Å². The SMILES string of the molecule is CCCCCN=C1C(=O)Nc2ccccc21. The van der Waals surface area contributed by atoms with Crippen molar-refractivity contribution in [2.75, 3.05) is 11.9 Å². The van der Waals surface area contributed by atoms with Gasteiger partial charge < -0.3 is 5.32 Å². The first-order valence-corrected chi connectivity index (χ1v) is 5.78. The molecule has 0 atom stereocenters. The van der Waals surface area contributed by atoms with Crippen LogP contribution in [-0.2, 0) is 4.79 Å². The molecule has 1 aromatic carbocycles. The van der Waals surface area contributed by atoms with Crippen LogP contribution >= 0.6 is 0 Å². The van der Waals surface area contributed by atoms with Gasteiger partial charge in [0.05, 0.1) is 5.69 Å². The van der Waals surface area contributed by atoms with Crippen LogP contribution in [0, 0.1) is 0 Å². The van der Waals surface area contributed by atoms with Crippen molar-refractivity contribution < 1.29 is 4.79 Å². The molecule has 0 spiro atoms. The quantitative estimate of drug-likeness (QED) is 0.772. The van der Waals surface area contributed by atoms with E-state index >= 15 is 0 Å². The van der Waals surface area contributed by atoms with Crippen LogP contribution in [0.4, 0.5) is 5.69 Å². The van der Waals surface area contributed by atoms with Crippen molar-refractivity contribution in [1.82, 2.24) is 0 Å². The lowest BCUT2D eigenvalue weighted by Gasteiger charge is -1.97. The van der Waals surface area contributed by atoms with E-state index < -0.39 is 0 Å². The number of anilines is 1. The molecule has 0 fully saturated rings. The third kappa shape index (κ3) is 2.13. The zero-order valence-corrected chi connectivity index (χ0v) is 9.49. The van der Waals surface area contributed by atoms with Crippen LogP contribution in [-0.4, -0.2) is 18.2 Å². The van der Waals surface area contributed by atoms with Crippen LogP contribution in [0.1, 0.15) is 31.7 Å². The molecule has 2 rings (SSSR count). The lowest BCUT2D eigenvalue weighted by molar-refractivity contribution is -0.110. The third-order valence-corrected chi connectivity index (χ3v) is 2.68. The molecule has 0 unspecified atom stereocenters. The van der Waals surface area contributed by atoms with Gasteiger partial charge in [-0.25, -0.2) is 0 Å². The Hall–Kier alpha value is -1.64. The summed E-state index contributed by atoms with van der Waals surface area (Å²) < 4.78 is 0. The number of para-hydroxylation sites is 1. The number of carbonyl (C=O) groups is 1. The highest BCUT2D eigenvalue weighted by Gasteiger charge is 2.24. The third-order valence-electron chi connectivity index (χ3n) is 2.68. The van der Waals surface area contributed by atoms with Gasteiger partial charge in [0, 0.05) is 12.1 Å². The molecule has 1 aromatic rings. The Kier molecular flexibility index (Phi) is 3.34. The van der Waals surface area contributed by atoms with E-state index in [2.05, 4.69) is 17.2 Å². The molecule has 16 heavy (non-hydrogen) atoms. The Labute approximate surface area is 95.6 Å². The molecule has 1 aliphatic rings. The molecule has 3 heteroatoms. The Morgan fingerprint density at radius 1 is 1.25 bits per heavy atom. The predicted molar refractivity (Wildman–Crippen MR) is 66.0 cm³/mol. The van der Waals surface area contributed by atoms with Gasteiger partial charge in [0.2, 0.25) is 0 Å². The van der Waals surface area contributed by atoms with Gasteiger partial charge in [-0.2, -0.15) is 0 Å². The molecule has 0 saturated heterocycles. The average molecular weight is 216 g/mol. The van der Waals surface area contributed by atoms with Crippen molar-refractivity contribution in [2.24, 2.45) is 4.99 Å². The number of amides is 1. The summed E-state index contributed by atoms with van der Waals surface area (Å²) in [5, 5.41) is 2.82. The molecule has 0 bridgehead atoms. The van der Waals surface area contributed by atoms with Gasteiger partial charge in [-0.3, -0.25) is 9.79 Å². The summed E-state index contributed by atoms with van der Waals surface area (Å²) in [6.45, 7) is 2.90. The standard InChI is InChI=1S/C13H16N2O/c1-2-3-6-9-14-12-10-7-4-5-8-11(10)15-13(12)16/h4-5,7-8H,2-3,6,9H2,1H3,(H,14,15,16). The minimum absolute atomic E-state index is 0.0716. The van der Waals surface area contributed by atoms with Crippen LogP contribution in [0.15, 0.2) is 29.3 Å². The molecule has 0 aromatic heterocycles. The number of benzene rings is 1. The second kappa shape index (κ2) is 4.92. The summed E-state index contributed by atoms with van der Waals surface area (Å²) in [5.74, 6) is -0.0716. The number of hydrogen-bond donors (Lipinski definition) is 1. The molecule has 1 N–H and O–H groups in total. The summed E-state index contributed by atoms with van der Waals surface area (Å²) in [7, 11) is 0. The molecule has 0 radical (unpaired) electrons. The summed E-state index contributed by atoms with van der Waals surface area (Å²) >= 11 is 0. The first-order valence-electron chi connectivity index (χ1n) is 5.78. The zero-order valence-electron chi connectivity index (χ0n) is 9.49. The summed E-state index contributed by atoms with van der Waals surface area (Å²) in [5.41, 5.74) is 2.40. The van der Waals surface area contributed by atoms with E-state index in [1.807, 2.05) is 24.3 Å². The number of nitrogens with zero attached hydrogens (tertiary/aromatic N) is 1.